The Morgan fingerprint density at radius 2 is 1.70 bits per heavy atom. The summed E-state index contributed by atoms with van der Waals surface area (Å²) in [5.74, 6) is -8.67. The average molecular weight is 1090 g/mol. The Balaban J connectivity index is 0.906. The van der Waals surface area contributed by atoms with Gasteiger partial charge in [-0.3, -0.25) is 28.9 Å². The molecule has 6 atom stereocenters. The summed E-state index contributed by atoms with van der Waals surface area (Å²) in [6, 6.07) is 5.16. The first-order valence-corrected chi connectivity index (χ1v) is 24.9. The monoisotopic (exact) mass is 1090 g/mol. The summed E-state index contributed by atoms with van der Waals surface area (Å²) in [6.07, 6.45) is -7.61. The number of hydrogen-bond donors (Lipinski definition) is 5. The Hall–Kier alpha value is -8.06. The summed E-state index contributed by atoms with van der Waals surface area (Å²) in [5, 5.41) is 60.3. The van der Waals surface area contributed by atoms with Crippen LogP contribution in [-0.2, 0) is 82.1 Å². The second-order valence-electron chi connectivity index (χ2n) is 18.4. The maximum absolute atomic E-state index is 16.4. The summed E-state index contributed by atoms with van der Waals surface area (Å²) in [5.41, 5.74) is -2.59. The minimum absolute atomic E-state index is 0.00233. The molecule has 27 nitrogen and oxygen atoms in total. The van der Waals surface area contributed by atoms with E-state index >= 15 is 4.39 Å². The van der Waals surface area contributed by atoms with Crippen molar-refractivity contribution in [3.8, 4) is 28.6 Å². The van der Waals surface area contributed by atoms with Crippen molar-refractivity contribution in [1.82, 2.24) is 34.3 Å². The standard InChI is InChI=1S/C48H44FN7O20S/c1-3-48(68)26-15-29-37-24(19-55(29)44(64)25(26)20-72-47(48)67)36-30(57)6-5-23-35(36)28(50-37)16-27(49)41(23)76-77(69,70)75-32-14-21(4-7-31(32)73-46-40(62)38(60)39(61)42(74-46)45(65)66)43(63)53(2)10-12-71-13-11-54-17-22(51-52-54)18-56-33(58)8-9-34(56)59/h4,7-9,14-17,38-40,42,46,60-62,68H,3,5-6,10-13,18-20H2,1-2H3,(H,65,66)/t38-,39-,40+,42-,46?,48?/m0/s1. The van der Waals surface area contributed by atoms with Crippen LogP contribution in [0, 0.1) is 5.82 Å². The lowest BCUT2D eigenvalue weighted by molar-refractivity contribution is -0.271. The fourth-order valence-corrected chi connectivity index (χ4v) is 10.4. The molecule has 7 heterocycles. The summed E-state index contributed by atoms with van der Waals surface area (Å²) >= 11 is 0. The molecule has 5 aromatic rings. The number of aliphatic carboxylic acids is 1. The Bertz CT molecular complexity index is 3570. The number of cyclic esters (lactones) is 1. The predicted molar refractivity (Wildman–Crippen MR) is 251 cm³/mol. The lowest BCUT2D eigenvalue weighted by Crippen LogP contribution is -2.61. The first kappa shape index (κ1) is 52.4. The van der Waals surface area contributed by atoms with Gasteiger partial charge in [0.2, 0.25) is 6.29 Å². The Morgan fingerprint density at radius 1 is 0.948 bits per heavy atom. The first-order chi connectivity index (χ1) is 36.6. The van der Waals surface area contributed by atoms with E-state index in [2.05, 4.69) is 15.3 Å². The van der Waals surface area contributed by atoms with Gasteiger partial charge < -0.3 is 62.3 Å². The van der Waals surface area contributed by atoms with Crippen molar-refractivity contribution in [3.05, 3.63) is 104 Å². The number of carboxylic acids is 1. The number of ether oxygens (including phenoxy) is 4. The zero-order valence-corrected chi connectivity index (χ0v) is 41.2. The number of amides is 3. The van der Waals surface area contributed by atoms with E-state index in [9.17, 15) is 67.5 Å². The smallest absolute Gasteiger partial charge is 0.479 e. The predicted octanol–water partition coefficient (Wildman–Crippen LogP) is -0.873. The molecule has 2 unspecified atom stereocenters. The minimum Gasteiger partial charge on any atom is -0.479 e. The number of aliphatic hydroxyl groups excluding tert-OH is 3. The quantitative estimate of drug-likeness (QED) is 0.0421. The molecule has 0 saturated carbocycles. The van der Waals surface area contributed by atoms with Gasteiger partial charge in [0.1, 0.15) is 30.6 Å². The number of aliphatic hydroxyl groups is 4. The third kappa shape index (κ3) is 9.33. The molecule has 1 fully saturated rings. The highest BCUT2D eigenvalue weighted by Crippen LogP contribution is 2.45. The molecule has 10 rings (SSSR count). The lowest BCUT2D eigenvalue weighted by atomic mass is 9.84. The van der Waals surface area contributed by atoms with Gasteiger partial charge in [-0.2, -0.15) is 0 Å². The number of ketones is 1. The molecule has 1 aliphatic carbocycles. The Morgan fingerprint density at radius 3 is 2.43 bits per heavy atom. The lowest BCUT2D eigenvalue weighted by Gasteiger charge is -2.38. The number of carbonyl (C=O) groups excluding carboxylic acids is 5. The number of halogens is 1. The number of carboxylic acid groups (broad SMARTS) is 1. The maximum atomic E-state index is 16.4. The van der Waals surface area contributed by atoms with Crippen molar-refractivity contribution < 1.29 is 94.4 Å². The van der Waals surface area contributed by atoms with Gasteiger partial charge in [0.25, 0.3) is 23.3 Å². The van der Waals surface area contributed by atoms with Crippen molar-refractivity contribution in [2.75, 3.05) is 26.8 Å². The number of aromatic nitrogens is 5. The SMILES string of the molecule is CCC1(O)C(=O)OCc2c1cc1n(c2=O)Cc2c-1nc1cc(F)c(OS(=O)(=O)Oc3cc(C(=O)N(C)CCOCCn4cc(CN5C(=O)C=CC5=O)nn4)ccc3OC3O[C@H](C(=O)O)[C@@H](O)[C@H](O)[C@H]3O)c3c1c2C(=O)CC3. The van der Waals surface area contributed by atoms with Gasteiger partial charge in [0.05, 0.1) is 61.5 Å². The van der Waals surface area contributed by atoms with Gasteiger partial charge in [-0.05, 0) is 37.1 Å². The van der Waals surface area contributed by atoms with Gasteiger partial charge >= 0.3 is 22.3 Å². The van der Waals surface area contributed by atoms with Gasteiger partial charge in [0.15, 0.2) is 40.6 Å². The van der Waals surface area contributed by atoms with Crippen LogP contribution in [0.2, 0.25) is 0 Å². The number of rotatable bonds is 17. The fourth-order valence-electron chi connectivity index (χ4n) is 9.63. The summed E-state index contributed by atoms with van der Waals surface area (Å²) in [6.45, 7) is 0.983. The number of pyridine rings is 2. The highest BCUT2D eigenvalue weighted by molar-refractivity contribution is 7.82. The number of imide groups is 1. The molecule has 0 radical (unpaired) electrons. The molecule has 2 aromatic carbocycles. The minimum atomic E-state index is -5.55. The number of hydrogen-bond acceptors (Lipinski definition) is 22. The molecule has 0 bridgehead atoms. The third-order valence-corrected chi connectivity index (χ3v) is 14.4. The molecule has 1 saturated heterocycles. The molecule has 3 amide bonds. The van der Waals surface area contributed by atoms with E-state index in [1.165, 1.54) is 40.4 Å². The molecular formula is C48H44FN7O20S. The second-order valence-corrected chi connectivity index (χ2v) is 19.5. The van der Waals surface area contributed by atoms with Gasteiger partial charge in [0, 0.05) is 71.4 Å². The summed E-state index contributed by atoms with van der Waals surface area (Å²) < 4.78 is 79.5. The van der Waals surface area contributed by atoms with Crippen molar-refractivity contribution in [2.24, 2.45) is 0 Å². The van der Waals surface area contributed by atoms with Crippen molar-refractivity contribution in [2.45, 2.75) is 88.7 Å². The normalized spacial score (nSPS) is 22.4. The van der Waals surface area contributed by atoms with E-state index in [0.717, 1.165) is 41.3 Å². The Kier molecular flexibility index (Phi) is 13.5. The number of esters is 1. The van der Waals surface area contributed by atoms with Crippen LogP contribution in [0.4, 0.5) is 4.39 Å². The third-order valence-electron chi connectivity index (χ3n) is 13.7. The van der Waals surface area contributed by atoms with E-state index < -0.39 is 117 Å². The highest BCUT2D eigenvalue weighted by Gasteiger charge is 2.49. The molecule has 77 heavy (non-hydrogen) atoms. The van der Waals surface area contributed by atoms with E-state index in [4.69, 9.17) is 27.3 Å². The Labute approximate surface area is 432 Å². The fraction of sp³-hybridized carbons (Fsp3) is 0.375. The number of fused-ring (bicyclic) bond motifs is 5. The molecule has 5 N–H and O–H groups in total. The first-order valence-electron chi connectivity index (χ1n) is 23.6. The zero-order valence-electron chi connectivity index (χ0n) is 40.4. The number of Topliss-reactive ketones (excluding diaryl/α,β-unsaturated/α-hetero) is 1. The molecule has 5 aliphatic rings. The van der Waals surface area contributed by atoms with Crippen LogP contribution in [0.15, 0.2) is 53.5 Å². The van der Waals surface area contributed by atoms with Crippen LogP contribution in [0.5, 0.6) is 17.2 Å². The number of benzene rings is 2. The van der Waals surface area contributed by atoms with E-state index in [0.29, 0.717) is 5.69 Å². The summed E-state index contributed by atoms with van der Waals surface area (Å²) in [7, 11) is -4.17. The number of nitrogens with zero attached hydrogens (tertiary/aromatic N) is 7. The number of aryl methyl sites for hydroxylation is 1. The van der Waals surface area contributed by atoms with Crippen LogP contribution in [0.1, 0.15) is 68.4 Å². The largest absolute Gasteiger partial charge is 0.501 e. The molecule has 29 heteroatoms. The molecule has 4 aliphatic heterocycles. The van der Waals surface area contributed by atoms with Crippen molar-refractivity contribution >= 4 is 56.7 Å². The zero-order chi connectivity index (χ0) is 55.0. The van der Waals surface area contributed by atoms with Crippen LogP contribution < -0.4 is 18.7 Å². The molecule has 404 valence electrons. The van der Waals surface area contributed by atoms with Crippen LogP contribution >= 0.6 is 0 Å². The number of likely N-dealkylation sites (N-methyl/N-ethyl adjacent to an activating group) is 1. The van der Waals surface area contributed by atoms with Gasteiger partial charge in [-0.1, -0.05) is 12.1 Å². The van der Waals surface area contributed by atoms with E-state index in [-0.39, 0.29) is 114 Å². The maximum Gasteiger partial charge on any atom is 0.501 e. The van der Waals surface area contributed by atoms with Crippen molar-refractivity contribution in [1.29, 1.82) is 0 Å². The molecule has 0 spiro atoms. The topological polar surface area (TPSA) is 365 Å². The van der Waals surface area contributed by atoms with E-state index in [1.807, 2.05) is 0 Å². The number of carbonyl (C=O) groups is 6. The van der Waals surface area contributed by atoms with Crippen LogP contribution in [0.3, 0.4) is 0 Å². The summed E-state index contributed by atoms with van der Waals surface area (Å²) in [4.78, 5) is 96.6. The van der Waals surface area contributed by atoms with Crippen LogP contribution in [-0.4, -0.2) is 161 Å². The van der Waals surface area contributed by atoms with Crippen LogP contribution in [0.25, 0.3) is 22.3 Å². The average Bonchev–Trinajstić information content (AvgIpc) is 4.20. The van der Waals surface area contributed by atoms with E-state index in [1.54, 1.807) is 0 Å². The van der Waals surface area contributed by atoms with Crippen molar-refractivity contribution in [3.63, 3.8) is 0 Å². The molecule has 3 aromatic heterocycles. The highest BCUT2D eigenvalue weighted by atomic mass is 32.3. The second kappa shape index (κ2) is 19.8. The van der Waals surface area contributed by atoms with Gasteiger partial charge in [-0.25, -0.2) is 23.6 Å². The van der Waals surface area contributed by atoms with Gasteiger partial charge in [-0.15, -0.1) is 13.5 Å². The molecular weight excluding hydrogens is 1050 g/mol.